The van der Waals surface area contributed by atoms with Crippen LogP contribution < -0.4 is 5.43 Å². The van der Waals surface area contributed by atoms with Crippen LogP contribution in [0.2, 0.25) is 0 Å². The molecule has 3 aliphatic rings. The van der Waals surface area contributed by atoms with Gasteiger partial charge in [0.05, 0.1) is 11.8 Å². The summed E-state index contributed by atoms with van der Waals surface area (Å²) in [4.78, 5) is 13.4. The second-order valence-corrected chi connectivity index (χ2v) is 9.09. The first-order chi connectivity index (χ1) is 14.2. The van der Waals surface area contributed by atoms with Crippen LogP contribution in [-0.2, 0) is 0 Å². The molecule has 0 spiro atoms. The molecule has 0 amide bonds. The lowest BCUT2D eigenvalue weighted by Gasteiger charge is -2.43. The fourth-order valence-electron chi connectivity index (χ4n) is 5.32. The lowest BCUT2D eigenvalue weighted by atomic mass is 9.81. The third kappa shape index (κ3) is 3.77. The van der Waals surface area contributed by atoms with Crippen molar-refractivity contribution in [3.63, 3.8) is 0 Å². The summed E-state index contributed by atoms with van der Waals surface area (Å²) >= 11 is 0. The van der Waals surface area contributed by atoms with E-state index >= 15 is 0 Å². The van der Waals surface area contributed by atoms with E-state index in [1.807, 2.05) is 11.6 Å². The van der Waals surface area contributed by atoms with Gasteiger partial charge in [0, 0.05) is 61.6 Å². The highest BCUT2D eigenvalue weighted by Crippen LogP contribution is 2.36. The van der Waals surface area contributed by atoms with Gasteiger partial charge in [-0.2, -0.15) is 5.43 Å². The summed E-state index contributed by atoms with van der Waals surface area (Å²) < 4.78 is 0. The molecule has 6 nitrogen and oxygen atoms in total. The van der Waals surface area contributed by atoms with Crippen molar-refractivity contribution in [1.29, 1.82) is 0 Å². The smallest absolute Gasteiger partial charge is 0.137 e. The second-order valence-electron chi connectivity index (χ2n) is 9.09. The molecular formula is C23H33N6+. The Balaban J connectivity index is 1.25. The van der Waals surface area contributed by atoms with Gasteiger partial charge in [0.15, 0.2) is 0 Å². The molecular weight excluding hydrogens is 360 g/mol. The molecule has 0 aromatic carbocycles. The molecule has 2 fully saturated rings. The van der Waals surface area contributed by atoms with E-state index in [4.69, 9.17) is 4.98 Å². The van der Waals surface area contributed by atoms with E-state index in [0.29, 0.717) is 12.0 Å². The Morgan fingerprint density at radius 3 is 2.59 bits per heavy atom. The Kier molecular flexibility index (Phi) is 5.24. The highest BCUT2D eigenvalue weighted by atomic mass is 15.3. The Labute approximate surface area is 173 Å². The van der Waals surface area contributed by atoms with E-state index in [1.54, 1.807) is 0 Å². The van der Waals surface area contributed by atoms with Crippen molar-refractivity contribution in [2.75, 3.05) is 26.2 Å². The predicted molar refractivity (Wildman–Crippen MR) is 118 cm³/mol. The van der Waals surface area contributed by atoms with Crippen molar-refractivity contribution in [3.8, 4) is 0 Å². The SMILES string of the molecule is CC(C)N1CCN(C2CCC(c3cnc4[nH]cc(C5=C[NH2+]N=C5)c4c3)CC2)CC1. The number of H-pyrrole nitrogens is 1. The highest BCUT2D eigenvalue weighted by Gasteiger charge is 2.29. The zero-order valence-electron chi connectivity index (χ0n) is 17.6. The molecule has 3 N–H and O–H groups in total. The van der Waals surface area contributed by atoms with Crippen LogP contribution in [0.4, 0.5) is 0 Å². The molecule has 0 radical (unpaired) electrons. The highest BCUT2D eigenvalue weighted by molar-refractivity contribution is 6.14. The van der Waals surface area contributed by atoms with Crippen LogP contribution >= 0.6 is 0 Å². The molecule has 4 heterocycles. The molecule has 29 heavy (non-hydrogen) atoms. The summed E-state index contributed by atoms with van der Waals surface area (Å²) in [5.74, 6) is 0.639. The maximum absolute atomic E-state index is 4.73. The van der Waals surface area contributed by atoms with Gasteiger partial charge in [-0.3, -0.25) is 9.80 Å². The Morgan fingerprint density at radius 2 is 1.90 bits per heavy atom. The maximum atomic E-state index is 4.73. The molecule has 6 heteroatoms. The molecule has 2 aromatic rings. The lowest BCUT2D eigenvalue weighted by molar-refractivity contribution is -0.589. The summed E-state index contributed by atoms with van der Waals surface area (Å²) in [6, 6.07) is 3.82. The molecule has 0 bridgehead atoms. The van der Waals surface area contributed by atoms with Crippen LogP contribution in [-0.4, -0.2) is 64.2 Å². The fourth-order valence-corrected chi connectivity index (χ4v) is 5.32. The Morgan fingerprint density at radius 1 is 1.10 bits per heavy atom. The summed E-state index contributed by atoms with van der Waals surface area (Å²) in [5.41, 5.74) is 6.61. The molecule has 154 valence electrons. The third-order valence-electron chi connectivity index (χ3n) is 7.18. The van der Waals surface area contributed by atoms with Crippen LogP contribution in [0.15, 0.2) is 29.8 Å². The molecule has 0 atom stereocenters. The van der Waals surface area contributed by atoms with Crippen LogP contribution in [0, 0.1) is 0 Å². The number of aromatic nitrogens is 2. The number of fused-ring (bicyclic) bond motifs is 1. The number of hydrogen-bond donors (Lipinski definition) is 2. The van der Waals surface area contributed by atoms with Crippen LogP contribution in [0.1, 0.15) is 56.6 Å². The molecule has 5 rings (SSSR count). The first-order valence-electron chi connectivity index (χ1n) is 11.2. The van der Waals surface area contributed by atoms with E-state index in [0.717, 1.165) is 11.7 Å². The van der Waals surface area contributed by atoms with Crippen molar-refractivity contribution in [2.45, 2.75) is 57.5 Å². The zero-order valence-corrected chi connectivity index (χ0v) is 17.6. The topological polar surface area (TPSA) is 64.1 Å². The summed E-state index contributed by atoms with van der Waals surface area (Å²) in [6.07, 6.45) is 13.3. The average molecular weight is 394 g/mol. The molecule has 0 unspecified atom stereocenters. The number of allylic oxidation sites excluding steroid dienone is 1. The van der Waals surface area contributed by atoms with Crippen molar-refractivity contribution < 1.29 is 5.43 Å². The second kappa shape index (κ2) is 8.01. The van der Waals surface area contributed by atoms with Gasteiger partial charge in [-0.25, -0.2) is 4.98 Å². The lowest BCUT2D eigenvalue weighted by Crippen LogP contribution is -2.69. The van der Waals surface area contributed by atoms with Gasteiger partial charge >= 0.3 is 0 Å². The standard InChI is InChI=1S/C23H32N6/c1-16(2)28-7-9-29(10-8-28)20-5-3-17(4-6-20)18-11-21-22(19-13-26-27-14-19)15-25-23(21)24-12-18/h11-17,20H,3-10H2,1-2H3,(H,24,25)(H,26,27)/p+1. The first kappa shape index (κ1) is 19.0. The normalized spacial score (nSPS) is 26.5. The molecule has 1 saturated carbocycles. The number of rotatable bonds is 4. The van der Waals surface area contributed by atoms with Gasteiger partial charge < -0.3 is 4.98 Å². The van der Waals surface area contributed by atoms with E-state index < -0.39 is 0 Å². The maximum Gasteiger partial charge on any atom is 0.137 e. The minimum absolute atomic E-state index is 0.639. The van der Waals surface area contributed by atoms with Gasteiger partial charge in [0.25, 0.3) is 0 Å². The van der Waals surface area contributed by atoms with Crippen molar-refractivity contribution in [2.24, 2.45) is 5.10 Å². The van der Waals surface area contributed by atoms with Crippen LogP contribution in [0.5, 0.6) is 0 Å². The quantitative estimate of drug-likeness (QED) is 0.785. The third-order valence-corrected chi connectivity index (χ3v) is 7.18. The number of nitrogens with one attached hydrogen (secondary N) is 1. The number of pyridine rings is 1. The molecule has 2 aliphatic heterocycles. The minimum atomic E-state index is 0.639. The first-order valence-corrected chi connectivity index (χ1v) is 11.2. The van der Waals surface area contributed by atoms with E-state index in [2.05, 4.69) is 58.4 Å². The van der Waals surface area contributed by atoms with Crippen molar-refractivity contribution >= 4 is 22.8 Å². The van der Waals surface area contributed by atoms with E-state index in [-0.39, 0.29) is 0 Å². The van der Waals surface area contributed by atoms with Crippen LogP contribution in [0.25, 0.3) is 16.6 Å². The summed E-state index contributed by atoms with van der Waals surface area (Å²) in [5, 5.41) is 5.45. The van der Waals surface area contributed by atoms with E-state index in [1.165, 1.54) is 73.9 Å². The van der Waals surface area contributed by atoms with Crippen molar-refractivity contribution in [3.05, 3.63) is 35.8 Å². The number of aromatic amines is 1. The number of nitrogens with zero attached hydrogens (tertiary/aromatic N) is 4. The van der Waals surface area contributed by atoms with Gasteiger partial charge in [0.1, 0.15) is 11.8 Å². The molecule has 2 aromatic heterocycles. The fraction of sp³-hybridized carbons (Fsp3) is 0.565. The monoisotopic (exact) mass is 393 g/mol. The van der Waals surface area contributed by atoms with Crippen molar-refractivity contribution in [1.82, 2.24) is 19.8 Å². The van der Waals surface area contributed by atoms with Gasteiger partial charge in [-0.15, -0.1) is 0 Å². The van der Waals surface area contributed by atoms with Gasteiger partial charge in [0.2, 0.25) is 0 Å². The zero-order chi connectivity index (χ0) is 19.8. The number of quaternary nitrogens is 1. The van der Waals surface area contributed by atoms with Gasteiger partial charge in [-0.1, -0.05) is 5.10 Å². The van der Waals surface area contributed by atoms with E-state index in [9.17, 15) is 0 Å². The molecule has 1 saturated heterocycles. The van der Waals surface area contributed by atoms with Gasteiger partial charge in [-0.05, 0) is 57.1 Å². The summed E-state index contributed by atoms with van der Waals surface area (Å²) in [6.45, 7) is 9.56. The van der Waals surface area contributed by atoms with Crippen LogP contribution in [0.3, 0.4) is 0 Å². The Bertz CT molecular complexity index is 911. The Hall–Kier alpha value is -2.02. The minimum Gasteiger partial charge on any atom is -0.346 e. The predicted octanol–water partition coefficient (Wildman–Crippen LogP) is 2.52. The molecule has 1 aliphatic carbocycles. The number of hydrogen-bond acceptors (Lipinski definition) is 4. The summed E-state index contributed by atoms with van der Waals surface area (Å²) in [7, 11) is 0. The number of piperazine rings is 1. The largest absolute Gasteiger partial charge is 0.346 e. The average Bonchev–Trinajstić information content (AvgIpc) is 3.43. The number of nitrogens with two attached hydrogens (primary N) is 1.